The predicted molar refractivity (Wildman–Crippen MR) is 109 cm³/mol. The monoisotopic (exact) mass is 449 g/mol. The third kappa shape index (κ3) is 4.87. The second kappa shape index (κ2) is 8.41. The third-order valence-electron chi connectivity index (χ3n) is 4.44. The molecule has 0 saturated carbocycles. The van der Waals surface area contributed by atoms with Crippen LogP contribution in [-0.4, -0.2) is 30.0 Å². The van der Waals surface area contributed by atoms with Gasteiger partial charge in [-0.1, -0.05) is 18.1 Å². The van der Waals surface area contributed by atoms with Crippen molar-refractivity contribution < 1.29 is 21.6 Å². The lowest BCUT2D eigenvalue weighted by molar-refractivity contribution is -0.137. The van der Waals surface area contributed by atoms with Crippen LogP contribution in [0.1, 0.15) is 17.2 Å². The van der Waals surface area contributed by atoms with Gasteiger partial charge in [-0.2, -0.15) is 13.2 Å². The molecule has 2 heterocycles. The lowest BCUT2D eigenvalue weighted by atomic mass is 10.0. The van der Waals surface area contributed by atoms with Crippen molar-refractivity contribution in [3.63, 3.8) is 0 Å². The van der Waals surface area contributed by atoms with Crippen molar-refractivity contribution >= 4 is 15.8 Å². The van der Waals surface area contributed by atoms with E-state index in [4.69, 9.17) is 6.42 Å². The van der Waals surface area contributed by atoms with E-state index < -0.39 is 27.8 Å². The Morgan fingerprint density at radius 3 is 2.39 bits per heavy atom. The van der Waals surface area contributed by atoms with Gasteiger partial charge in [-0.15, -0.1) is 6.42 Å². The van der Waals surface area contributed by atoms with Gasteiger partial charge < -0.3 is 9.88 Å². The Balaban J connectivity index is 2.02. The zero-order valence-electron chi connectivity index (χ0n) is 16.5. The first-order valence-corrected chi connectivity index (χ1v) is 10.3. The molecule has 0 bridgehead atoms. The summed E-state index contributed by atoms with van der Waals surface area (Å²) in [6, 6.07) is 5.02. The highest BCUT2D eigenvalue weighted by molar-refractivity contribution is 7.89. The molecule has 0 fully saturated rings. The highest BCUT2D eigenvalue weighted by Crippen LogP contribution is 2.32. The summed E-state index contributed by atoms with van der Waals surface area (Å²) in [5.41, 5.74) is 0.426. The van der Waals surface area contributed by atoms with Crippen molar-refractivity contribution in [3.8, 4) is 23.6 Å². The molecule has 0 saturated heterocycles. The Morgan fingerprint density at radius 2 is 1.87 bits per heavy atom. The number of imidazole rings is 1. The largest absolute Gasteiger partial charge is 0.416 e. The number of terminal acetylenes is 1. The third-order valence-corrected chi connectivity index (χ3v) is 5.82. The van der Waals surface area contributed by atoms with Crippen molar-refractivity contribution in [2.24, 2.45) is 7.05 Å². The molecular formula is C20H18F3N5O2S. The highest BCUT2D eigenvalue weighted by atomic mass is 32.2. The van der Waals surface area contributed by atoms with Crippen LogP contribution >= 0.6 is 0 Å². The van der Waals surface area contributed by atoms with Gasteiger partial charge in [0.05, 0.1) is 17.6 Å². The van der Waals surface area contributed by atoms with Gasteiger partial charge >= 0.3 is 6.18 Å². The van der Waals surface area contributed by atoms with E-state index in [0.717, 1.165) is 18.3 Å². The molecule has 31 heavy (non-hydrogen) atoms. The number of rotatable bonds is 6. The van der Waals surface area contributed by atoms with Gasteiger partial charge in [0.15, 0.2) is 0 Å². The molecule has 0 aliphatic carbocycles. The molecule has 7 nitrogen and oxygen atoms in total. The summed E-state index contributed by atoms with van der Waals surface area (Å²) in [5.74, 6) is 2.71. The fraction of sp³-hybridized carbons (Fsp3) is 0.200. The topological polar surface area (TPSA) is 88.9 Å². The maximum atomic E-state index is 12.8. The summed E-state index contributed by atoms with van der Waals surface area (Å²) in [6.45, 7) is 0. The second-order valence-corrected chi connectivity index (χ2v) is 8.45. The number of nitrogens with zero attached hydrogens (tertiary/aromatic N) is 3. The number of aryl methyl sites for hydroxylation is 1. The molecule has 11 heteroatoms. The fourth-order valence-electron chi connectivity index (χ4n) is 2.80. The molecule has 3 rings (SSSR count). The molecule has 3 aromatic rings. The molecule has 0 radical (unpaired) electrons. The van der Waals surface area contributed by atoms with Crippen LogP contribution in [0.15, 0.2) is 53.9 Å². The Morgan fingerprint density at radius 1 is 1.19 bits per heavy atom. The van der Waals surface area contributed by atoms with Crippen LogP contribution in [0.5, 0.6) is 0 Å². The molecular weight excluding hydrogens is 431 g/mol. The lowest BCUT2D eigenvalue weighted by Gasteiger charge is -2.18. The van der Waals surface area contributed by atoms with Crippen LogP contribution in [0.3, 0.4) is 0 Å². The predicted octanol–water partition coefficient (Wildman–Crippen LogP) is 3.20. The molecule has 1 atom stereocenters. The number of aromatic nitrogens is 3. The van der Waals surface area contributed by atoms with Crippen LogP contribution in [-0.2, 0) is 23.2 Å². The zero-order valence-corrected chi connectivity index (χ0v) is 17.3. The van der Waals surface area contributed by atoms with Crippen LogP contribution in [0.2, 0.25) is 0 Å². The van der Waals surface area contributed by atoms with E-state index >= 15 is 0 Å². The van der Waals surface area contributed by atoms with E-state index in [2.05, 4.69) is 25.9 Å². The van der Waals surface area contributed by atoms with Crippen LogP contribution in [0.4, 0.5) is 19.0 Å². The minimum Gasteiger partial charge on any atom is -0.352 e. The molecule has 0 amide bonds. The number of hydrogen-bond donors (Lipinski definition) is 2. The second-order valence-electron chi connectivity index (χ2n) is 6.56. The first-order chi connectivity index (χ1) is 14.5. The lowest BCUT2D eigenvalue weighted by Crippen LogP contribution is -2.19. The van der Waals surface area contributed by atoms with Crippen LogP contribution in [0.25, 0.3) is 11.3 Å². The molecule has 0 spiro atoms. The number of alkyl halides is 3. The summed E-state index contributed by atoms with van der Waals surface area (Å²) in [4.78, 5) is 8.35. The molecule has 2 N–H and O–H groups in total. The SMILES string of the molecule is C#C[C@H](Nc1ncc(S(=O)(=O)NC)cc1-c1cn(C)cn1)c1ccc(C(F)(F)F)cc1. The van der Waals surface area contributed by atoms with Crippen molar-refractivity contribution in [3.05, 3.63) is 60.2 Å². The maximum Gasteiger partial charge on any atom is 0.416 e. The average Bonchev–Trinajstić information content (AvgIpc) is 3.17. The van der Waals surface area contributed by atoms with Crippen molar-refractivity contribution in [1.29, 1.82) is 0 Å². The van der Waals surface area contributed by atoms with Gasteiger partial charge in [0.2, 0.25) is 10.0 Å². The van der Waals surface area contributed by atoms with E-state index in [9.17, 15) is 21.6 Å². The Hall–Kier alpha value is -3.36. The Labute approximate surface area is 177 Å². The summed E-state index contributed by atoms with van der Waals surface area (Å²) < 4.78 is 66.8. The quantitative estimate of drug-likeness (QED) is 0.565. The number of pyridine rings is 1. The van der Waals surface area contributed by atoms with Gasteiger partial charge in [0.1, 0.15) is 16.8 Å². The molecule has 2 aromatic heterocycles. The summed E-state index contributed by atoms with van der Waals surface area (Å²) in [7, 11) is -0.739. The van der Waals surface area contributed by atoms with Gasteiger partial charge in [0.25, 0.3) is 0 Å². The number of sulfonamides is 1. The van der Waals surface area contributed by atoms with E-state index in [1.165, 1.54) is 31.6 Å². The van der Waals surface area contributed by atoms with Crippen molar-refractivity contribution in [1.82, 2.24) is 19.3 Å². The number of hydrogen-bond acceptors (Lipinski definition) is 5. The molecule has 0 aliphatic rings. The zero-order chi connectivity index (χ0) is 22.8. The summed E-state index contributed by atoms with van der Waals surface area (Å²) in [6.07, 6.45) is 5.50. The van der Waals surface area contributed by atoms with Gasteiger partial charge in [-0.25, -0.2) is 23.1 Å². The van der Waals surface area contributed by atoms with Crippen molar-refractivity contribution in [2.45, 2.75) is 17.1 Å². The molecule has 162 valence electrons. The van der Waals surface area contributed by atoms with Crippen LogP contribution in [0, 0.1) is 12.3 Å². The van der Waals surface area contributed by atoms with Crippen LogP contribution < -0.4 is 10.0 Å². The fourth-order valence-corrected chi connectivity index (χ4v) is 3.50. The smallest absolute Gasteiger partial charge is 0.352 e. The first kappa shape index (κ1) is 22.3. The van der Waals surface area contributed by atoms with Gasteiger partial charge in [0, 0.05) is 25.0 Å². The van der Waals surface area contributed by atoms with E-state index in [1.54, 1.807) is 17.8 Å². The van der Waals surface area contributed by atoms with Gasteiger partial charge in [-0.05, 0) is 30.8 Å². The normalized spacial score (nSPS) is 12.9. The van der Waals surface area contributed by atoms with E-state index in [0.29, 0.717) is 16.8 Å². The molecule has 0 aliphatic heterocycles. The maximum absolute atomic E-state index is 12.8. The molecule has 1 aromatic carbocycles. The first-order valence-electron chi connectivity index (χ1n) is 8.87. The number of benzene rings is 1. The minimum absolute atomic E-state index is 0.0759. The number of nitrogens with one attached hydrogen (secondary N) is 2. The van der Waals surface area contributed by atoms with E-state index in [-0.39, 0.29) is 10.7 Å². The Kier molecular flexibility index (Phi) is 6.06. The average molecular weight is 449 g/mol. The standard InChI is InChI=1S/C20H18F3N5O2S/c1-4-17(13-5-7-14(8-6-13)20(21,22)23)27-19-16(18-11-28(3)12-26-18)9-15(10-25-19)31(29,30)24-2/h1,5-12,17,24H,2-3H3,(H,25,27)/t17-/m0/s1. The minimum atomic E-state index is -4.46. The number of halogens is 3. The number of anilines is 1. The summed E-state index contributed by atoms with van der Waals surface area (Å²) >= 11 is 0. The highest BCUT2D eigenvalue weighted by Gasteiger charge is 2.30. The van der Waals surface area contributed by atoms with E-state index in [1.807, 2.05) is 0 Å². The molecule has 0 unspecified atom stereocenters. The van der Waals surface area contributed by atoms with Gasteiger partial charge in [-0.3, -0.25) is 0 Å². The Bertz CT molecular complexity index is 1230. The summed E-state index contributed by atoms with van der Waals surface area (Å²) in [5, 5.41) is 2.98. The van der Waals surface area contributed by atoms with Crippen molar-refractivity contribution in [2.75, 3.05) is 12.4 Å².